The van der Waals surface area contributed by atoms with Gasteiger partial charge in [0.1, 0.15) is 6.04 Å². The van der Waals surface area contributed by atoms with Crippen molar-refractivity contribution in [2.75, 3.05) is 5.32 Å². The summed E-state index contributed by atoms with van der Waals surface area (Å²) in [4.78, 5) is 35.6. The molecule has 3 amide bonds. The Morgan fingerprint density at radius 3 is 2.42 bits per heavy atom. The van der Waals surface area contributed by atoms with Gasteiger partial charge in [-0.25, -0.2) is 0 Å². The molecule has 0 heterocycles. The Morgan fingerprint density at radius 2 is 1.77 bits per heavy atom. The predicted octanol–water partition coefficient (Wildman–Crippen LogP) is 1.34. The van der Waals surface area contributed by atoms with Gasteiger partial charge in [-0.15, -0.1) is 0 Å². The van der Waals surface area contributed by atoms with Crippen molar-refractivity contribution in [3.05, 3.63) is 65.2 Å². The molecular formula is C19H18N4O3. The average Bonchev–Trinajstić information content (AvgIpc) is 2.61. The lowest BCUT2D eigenvalue weighted by atomic mass is 10.00. The number of nitrogens with zero attached hydrogens (tertiary/aromatic N) is 1. The number of nitriles is 1. The second kappa shape index (κ2) is 8.44. The summed E-state index contributed by atoms with van der Waals surface area (Å²) in [5, 5.41) is 14.3. The highest BCUT2D eigenvalue weighted by atomic mass is 16.2. The van der Waals surface area contributed by atoms with E-state index in [9.17, 15) is 14.4 Å². The molecule has 0 fully saturated rings. The lowest BCUT2D eigenvalue weighted by Crippen LogP contribution is -2.46. The Hall–Kier alpha value is -3.66. The quantitative estimate of drug-likeness (QED) is 0.727. The van der Waals surface area contributed by atoms with Crippen molar-refractivity contribution in [1.29, 1.82) is 5.26 Å². The Bertz CT molecular complexity index is 886. The first-order valence-electron chi connectivity index (χ1n) is 7.87. The number of hydrogen-bond acceptors (Lipinski definition) is 4. The van der Waals surface area contributed by atoms with Gasteiger partial charge in [0.15, 0.2) is 0 Å². The summed E-state index contributed by atoms with van der Waals surface area (Å²) in [6, 6.07) is 14.3. The third-order valence-corrected chi connectivity index (χ3v) is 3.69. The zero-order valence-electron chi connectivity index (χ0n) is 14.2. The Labute approximate surface area is 150 Å². The van der Waals surface area contributed by atoms with Crippen LogP contribution in [0, 0.1) is 11.3 Å². The minimum atomic E-state index is -0.998. The molecule has 0 saturated heterocycles. The molecular weight excluding hydrogens is 332 g/mol. The smallest absolute Gasteiger partial charge is 0.254 e. The number of carbonyl (C=O) groups is 3. The summed E-state index contributed by atoms with van der Waals surface area (Å²) in [6.45, 7) is 1.33. The third kappa shape index (κ3) is 4.68. The van der Waals surface area contributed by atoms with Crippen LogP contribution in [0.4, 0.5) is 5.69 Å². The second-order valence-corrected chi connectivity index (χ2v) is 5.63. The molecule has 4 N–H and O–H groups in total. The van der Waals surface area contributed by atoms with Gasteiger partial charge in [-0.3, -0.25) is 14.4 Å². The molecule has 7 nitrogen and oxygen atoms in total. The SMILES string of the molecule is CC(=O)Nc1ccccc1C(=O)N[C@H](Cc1ccccc1C#N)C(N)=O. The molecule has 2 aromatic rings. The predicted molar refractivity (Wildman–Crippen MR) is 96.1 cm³/mol. The monoisotopic (exact) mass is 350 g/mol. The van der Waals surface area contributed by atoms with Crippen LogP contribution in [-0.4, -0.2) is 23.8 Å². The maximum absolute atomic E-state index is 12.6. The summed E-state index contributed by atoms with van der Waals surface area (Å²) in [7, 11) is 0. The van der Waals surface area contributed by atoms with E-state index < -0.39 is 17.9 Å². The van der Waals surface area contributed by atoms with Crippen LogP contribution in [0.5, 0.6) is 0 Å². The second-order valence-electron chi connectivity index (χ2n) is 5.63. The number of carbonyl (C=O) groups excluding carboxylic acids is 3. The van der Waals surface area contributed by atoms with Crippen LogP contribution < -0.4 is 16.4 Å². The molecule has 2 aromatic carbocycles. The molecule has 1 atom stereocenters. The minimum Gasteiger partial charge on any atom is -0.368 e. The number of para-hydroxylation sites is 1. The van der Waals surface area contributed by atoms with Gasteiger partial charge in [0.25, 0.3) is 5.91 Å². The summed E-state index contributed by atoms with van der Waals surface area (Å²) in [5.74, 6) is -1.59. The molecule has 0 bridgehead atoms. The third-order valence-electron chi connectivity index (χ3n) is 3.69. The zero-order chi connectivity index (χ0) is 19.1. The van der Waals surface area contributed by atoms with E-state index in [1.54, 1.807) is 42.5 Å². The van der Waals surface area contributed by atoms with Crippen molar-refractivity contribution in [2.45, 2.75) is 19.4 Å². The van der Waals surface area contributed by atoms with Crippen molar-refractivity contribution in [1.82, 2.24) is 5.32 Å². The van der Waals surface area contributed by atoms with E-state index in [2.05, 4.69) is 10.6 Å². The number of rotatable bonds is 6. The highest BCUT2D eigenvalue weighted by molar-refractivity contribution is 6.04. The summed E-state index contributed by atoms with van der Waals surface area (Å²) in [6.07, 6.45) is 0.0904. The first-order valence-corrected chi connectivity index (χ1v) is 7.87. The van der Waals surface area contributed by atoms with Crippen molar-refractivity contribution >= 4 is 23.4 Å². The van der Waals surface area contributed by atoms with Gasteiger partial charge >= 0.3 is 0 Å². The first-order chi connectivity index (χ1) is 12.4. The topological polar surface area (TPSA) is 125 Å². The van der Waals surface area contributed by atoms with Crippen molar-refractivity contribution in [3.63, 3.8) is 0 Å². The lowest BCUT2D eigenvalue weighted by Gasteiger charge is -2.17. The standard InChI is InChI=1S/C19H18N4O3/c1-12(24)22-16-9-5-4-8-15(16)19(26)23-17(18(21)25)10-13-6-2-3-7-14(13)11-20/h2-9,17H,10H2,1H3,(H2,21,25)(H,22,24)(H,23,26)/t17-/m1/s1. The minimum absolute atomic E-state index is 0.0904. The average molecular weight is 350 g/mol. The number of nitrogens with one attached hydrogen (secondary N) is 2. The molecule has 0 aromatic heterocycles. The highest BCUT2D eigenvalue weighted by Gasteiger charge is 2.22. The molecule has 132 valence electrons. The van der Waals surface area contributed by atoms with Crippen LogP contribution in [-0.2, 0) is 16.0 Å². The van der Waals surface area contributed by atoms with Crippen LogP contribution >= 0.6 is 0 Å². The molecule has 0 unspecified atom stereocenters. The Balaban J connectivity index is 2.23. The zero-order valence-corrected chi connectivity index (χ0v) is 14.2. The van der Waals surface area contributed by atoms with E-state index in [1.165, 1.54) is 13.0 Å². The van der Waals surface area contributed by atoms with E-state index in [4.69, 9.17) is 11.0 Å². The molecule has 26 heavy (non-hydrogen) atoms. The molecule has 2 rings (SSSR count). The number of anilines is 1. The van der Waals surface area contributed by atoms with Crippen molar-refractivity contribution < 1.29 is 14.4 Å². The van der Waals surface area contributed by atoms with Crippen LogP contribution in [0.15, 0.2) is 48.5 Å². The highest BCUT2D eigenvalue weighted by Crippen LogP contribution is 2.16. The maximum Gasteiger partial charge on any atom is 0.254 e. The van der Waals surface area contributed by atoms with Crippen LogP contribution in [0.3, 0.4) is 0 Å². The Kier molecular flexibility index (Phi) is 6.06. The number of nitrogens with two attached hydrogens (primary N) is 1. The van der Waals surface area contributed by atoms with Gasteiger partial charge in [0.05, 0.1) is 22.9 Å². The summed E-state index contributed by atoms with van der Waals surface area (Å²) < 4.78 is 0. The molecule has 0 radical (unpaired) electrons. The molecule has 0 spiro atoms. The normalized spacial score (nSPS) is 11.1. The molecule has 7 heteroatoms. The van der Waals surface area contributed by atoms with E-state index in [-0.39, 0.29) is 17.9 Å². The van der Waals surface area contributed by atoms with Gasteiger partial charge in [0, 0.05) is 13.3 Å². The largest absolute Gasteiger partial charge is 0.368 e. The van der Waals surface area contributed by atoms with Gasteiger partial charge in [-0.1, -0.05) is 30.3 Å². The van der Waals surface area contributed by atoms with Crippen LogP contribution in [0.25, 0.3) is 0 Å². The maximum atomic E-state index is 12.6. The van der Waals surface area contributed by atoms with Gasteiger partial charge in [-0.2, -0.15) is 5.26 Å². The Morgan fingerprint density at radius 1 is 1.12 bits per heavy atom. The number of benzene rings is 2. The van der Waals surface area contributed by atoms with E-state index in [0.29, 0.717) is 16.8 Å². The fourth-order valence-electron chi connectivity index (χ4n) is 2.47. The molecule has 0 aliphatic carbocycles. The van der Waals surface area contributed by atoms with E-state index >= 15 is 0 Å². The number of hydrogen-bond donors (Lipinski definition) is 3. The van der Waals surface area contributed by atoms with E-state index in [1.807, 2.05) is 6.07 Å². The molecule has 0 saturated carbocycles. The summed E-state index contributed by atoms with van der Waals surface area (Å²) >= 11 is 0. The fraction of sp³-hybridized carbons (Fsp3) is 0.158. The van der Waals surface area contributed by atoms with Crippen molar-refractivity contribution in [2.24, 2.45) is 5.73 Å². The van der Waals surface area contributed by atoms with Gasteiger partial charge in [0.2, 0.25) is 11.8 Å². The lowest BCUT2D eigenvalue weighted by molar-refractivity contribution is -0.119. The van der Waals surface area contributed by atoms with Crippen LogP contribution in [0.2, 0.25) is 0 Å². The van der Waals surface area contributed by atoms with Gasteiger partial charge in [-0.05, 0) is 23.8 Å². The summed E-state index contributed by atoms with van der Waals surface area (Å²) in [5.41, 5.74) is 6.97. The fourth-order valence-corrected chi connectivity index (χ4v) is 2.47. The van der Waals surface area contributed by atoms with Crippen molar-refractivity contribution in [3.8, 4) is 6.07 Å². The van der Waals surface area contributed by atoms with E-state index in [0.717, 1.165) is 0 Å². The van der Waals surface area contributed by atoms with Gasteiger partial charge < -0.3 is 16.4 Å². The number of primary amides is 1. The molecule has 0 aliphatic rings. The van der Waals surface area contributed by atoms with Crippen LogP contribution in [0.1, 0.15) is 28.4 Å². The number of amides is 3. The first kappa shape index (κ1) is 18.7. The molecule has 0 aliphatic heterocycles.